The third-order valence-corrected chi connectivity index (χ3v) is 4.54. The van der Waals surface area contributed by atoms with Crippen molar-refractivity contribution in [2.75, 3.05) is 32.0 Å². The Morgan fingerprint density at radius 3 is 2.75 bits per heavy atom. The predicted molar refractivity (Wildman–Crippen MR) is 87.7 cm³/mol. The van der Waals surface area contributed by atoms with Crippen LogP contribution in [0.1, 0.15) is 30.9 Å². The molecular formula is C17H24F3N3O. The Labute approximate surface area is 140 Å². The lowest BCUT2D eigenvalue weighted by Gasteiger charge is -2.38. The molecule has 0 aromatic heterocycles. The van der Waals surface area contributed by atoms with Crippen molar-refractivity contribution < 1.29 is 18.0 Å². The zero-order valence-corrected chi connectivity index (χ0v) is 14.1. The first-order valence-corrected chi connectivity index (χ1v) is 8.18. The summed E-state index contributed by atoms with van der Waals surface area (Å²) in [5.41, 5.74) is -0.285. The number of carbonyl (C=O) groups excluding carboxylic acids is 1. The van der Waals surface area contributed by atoms with Gasteiger partial charge in [0.15, 0.2) is 0 Å². The fraction of sp³-hybridized carbons (Fsp3) is 0.588. The molecule has 1 saturated heterocycles. The van der Waals surface area contributed by atoms with E-state index in [4.69, 9.17) is 0 Å². The largest absolute Gasteiger partial charge is 0.416 e. The maximum absolute atomic E-state index is 13.4. The highest BCUT2D eigenvalue weighted by atomic mass is 19.4. The summed E-state index contributed by atoms with van der Waals surface area (Å²) < 4.78 is 40.2. The van der Waals surface area contributed by atoms with Crippen molar-refractivity contribution >= 4 is 12.1 Å². The minimum absolute atomic E-state index is 0.154. The molecule has 1 aromatic rings. The normalized spacial score (nSPS) is 19.5. The number of hydrogen-bond acceptors (Lipinski definition) is 3. The number of carbonyl (C=O) groups is 1. The monoisotopic (exact) mass is 343 g/mol. The number of likely N-dealkylation sites (tertiary alicyclic amines) is 1. The highest BCUT2D eigenvalue weighted by molar-refractivity contribution is 5.71. The van der Waals surface area contributed by atoms with Crippen LogP contribution in [-0.4, -0.2) is 48.9 Å². The number of hydrogen-bond donors (Lipinski definition) is 1. The number of alkyl halides is 3. The molecule has 7 heteroatoms. The van der Waals surface area contributed by atoms with Crippen LogP contribution in [0.4, 0.5) is 18.9 Å². The van der Waals surface area contributed by atoms with Gasteiger partial charge in [-0.2, -0.15) is 13.2 Å². The maximum Gasteiger partial charge on any atom is 0.416 e. The Morgan fingerprint density at radius 1 is 1.42 bits per heavy atom. The second-order valence-corrected chi connectivity index (χ2v) is 6.25. The summed E-state index contributed by atoms with van der Waals surface area (Å²) in [4.78, 5) is 14.8. The molecule has 134 valence electrons. The summed E-state index contributed by atoms with van der Waals surface area (Å²) in [5, 5.41) is 2.28. The molecule has 1 N–H and O–H groups in total. The SMILES string of the molecule is CCN(Cc1ccc(NC=O)cc1C(F)(F)F)C1CCCN(C)C1. The van der Waals surface area contributed by atoms with Crippen molar-refractivity contribution in [3.63, 3.8) is 0 Å². The molecule has 1 aliphatic heterocycles. The van der Waals surface area contributed by atoms with E-state index in [9.17, 15) is 18.0 Å². The van der Waals surface area contributed by atoms with Gasteiger partial charge in [-0.3, -0.25) is 9.69 Å². The van der Waals surface area contributed by atoms with Crippen LogP contribution in [0.3, 0.4) is 0 Å². The van der Waals surface area contributed by atoms with Crippen LogP contribution in [0, 0.1) is 0 Å². The molecule has 4 nitrogen and oxygen atoms in total. The lowest BCUT2D eigenvalue weighted by Crippen LogP contribution is -2.46. The molecule has 1 aromatic carbocycles. The highest BCUT2D eigenvalue weighted by Crippen LogP contribution is 2.34. The van der Waals surface area contributed by atoms with Crippen molar-refractivity contribution in [2.24, 2.45) is 0 Å². The van der Waals surface area contributed by atoms with Gasteiger partial charge in [-0.15, -0.1) is 0 Å². The first-order chi connectivity index (χ1) is 11.3. The molecule has 1 atom stereocenters. The summed E-state index contributed by atoms with van der Waals surface area (Å²) >= 11 is 0. The Bertz CT molecular complexity index is 563. The molecule has 0 aliphatic carbocycles. The van der Waals surface area contributed by atoms with Crippen molar-refractivity contribution in [1.29, 1.82) is 0 Å². The zero-order valence-electron chi connectivity index (χ0n) is 14.1. The first-order valence-electron chi connectivity index (χ1n) is 8.18. The van der Waals surface area contributed by atoms with Gasteiger partial charge < -0.3 is 10.2 Å². The lowest BCUT2D eigenvalue weighted by molar-refractivity contribution is -0.138. The minimum Gasteiger partial charge on any atom is -0.329 e. The van der Waals surface area contributed by atoms with Crippen molar-refractivity contribution in [1.82, 2.24) is 9.80 Å². The van der Waals surface area contributed by atoms with E-state index in [2.05, 4.69) is 15.1 Å². The number of anilines is 1. The second-order valence-electron chi connectivity index (χ2n) is 6.25. The highest BCUT2D eigenvalue weighted by Gasteiger charge is 2.34. The molecule has 2 rings (SSSR count). The number of rotatable bonds is 6. The third kappa shape index (κ3) is 4.70. The number of halogens is 3. The number of amides is 1. The van der Waals surface area contributed by atoms with E-state index in [-0.39, 0.29) is 23.8 Å². The number of benzene rings is 1. The summed E-state index contributed by atoms with van der Waals surface area (Å²) in [6.45, 7) is 4.84. The van der Waals surface area contributed by atoms with Gasteiger partial charge in [0.1, 0.15) is 0 Å². The molecule has 1 heterocycles. The van der Waals surface area contributed by atoms with Gasteiger partial charge in [-0.05, 0) is 50.7 Å². The Balaban J connectivity index is 2.24. The van der Waals surface area contributed by atoms with E-state index < -0.39 is 11.7 Å². The molecule has 24 heavy (non-hydrogen) atoms. The Morgan fingerprint density at radius 2 is 2.17 bits per heavy atom. The molecule has 0 bridgehead atoms. The Kier molecular flexibility index (Phi) is 6.23. The summed E-state index contributed by atoms with van der Waals surface area (Å²) in [6, 6.07) is 4.25. The lowest BCUT2D eigenvalue weighted by atomic mass is 10.0. The van der Waals surface area contributed by atoms with Crippen LogP contribution in [-0.2, 0) is 17.5 Å². The van der Waals surface area contributed by atoms with Gasteiger partial charge >= 0.3 is 6.18 Å². The number of nitrogens with zero attached hydrogens (tertiary/aromatic N) is 2. The van der Waals surface area contributed by atoms with E-state index in [1.54, 1.807) is 0 Å². The van der Waals surface area contributed by atoms with Crippen LogP contribution in [0.15, 0.2) is 18.2 Å². The van der Waals surface area contributed by atoms with E-state index in [1.165, 1.54) is 12.1 Å². The molecule has 0 saturated carbocycles. The van der Waals surface area contributed by atoms with E-state index in [0.717, 1.165) is 32.0 Å². The van der Waals surface area contributed by atoms with Crippen LogP contribution >= 0.6 is 0 Å². The summed E-state index contributed by atoms with van der Waals surface area (Å²) in [7, 11) is 2.04. The molecule has 1 amide bonds. The average molecular weight is 343 g/mol. The number of nitrogens with one attached hydrogen (secondary N) is 1. The second kappa shape index (κ2) is 7.98. The summed E-state index contributed by atoms with van der Waals surface area (Å²) in [5.74, 6) is 0. The van der Waals surface area contributed by atoms with Gasteiger partial charge in [-0.25, -0.2) is 0 Å². The average Bonchev–Trinajstić information content (AvgIpc) is 2.53. The smallest absolute Gasteiger partial charge is 0.329 e. The number of piperidine rings is 1. The van der Waals surface area contributed by atoms with E-state index >= 15 is 0 Å². The quantitative estimate of drug-likeness (QED) is 0.806. The van der Waals surface area contributed by atoms with Gasteiger partial charge in [0.2, 0.25) is 6.41 Å². The van der Waals surface area contributed by atoms with Crippen molar-refractivity contribution in [3.05, 3.63) is 29.3 Å². The van der Waals surface area contributed by atoms with Crippen molar-refractivity contribution in [3.8, 4) is 0 Å². The Hall–Kier alpha value is -1.60. The fourth-order valence-electron chi connectivity index (χ4n) is 3.29. The molecule has 1 fully saturated rings. The first kappa shape index (κ1) is 18.7. The molecular weight excluding hydrogens is 319 g/mol. The third-order valence-electron chi connectivity index (χ3n) is 4.54. The zero-order chi connectivity index (χ0) is 17.7. The van der Waals surface area contributed by atoms with Crippen LogP contribution < -0.4 is 5.32 Å². The van der Waals surface area contributed by atoms with Gasteiger partial charge in [0, 0.05) is 24.8 Å². The summed E-state index contributed by atoms with van der Waals surface area (Å²) in [6.07, 6.45) is -2.00. The molecule has 0 spiro atoms. The van der Waals surface area contributed by atoms with Crippen LogP contribution in [0.5, 0.6) is 0 Å². The van der Waals surface area contributed by atoms with Crippen LogP contribution in [0.25, 0.3) is 0 Å². The molecule has 1 aliphatic rings. The van der Waals surface area contributed by atoms with Gasteiger partial charge in [0.05, 0.1) is 5.56 Å². The van der Waals surface area contributed by atoms with Crippen LogP contribution in [0.2, 0.25) is 0 Å². The van der Waals surface area contributed by atoms with E-state index in [1.807, 2.05) is 14.0 Å². The minimum atomic E-state index is -4.45. The van der Waals surface area contributed by atoms with Gasteiger partial charge in [0.25, 0.3) is 0 Å². The topological polar surface area (TPSA) is 35.6 Å². The van der Waals surface area contributed by atoms with Crippen molar-refractivity contribution in [2.45, 2.75) is 38.5 Å². The van der Waals surface area contributed by atoms with E-state index in [0.29, 0.717) is 13.0 Å². The maximum atomic E-state index is 13.4. The predicted octanol–water partition coefficient (Wildman–Crippen LogP) is 3.19. The van der Waals surface area contributed by atoms with Gasteiger partial charge in [-0.1, -0.05) is 13.0 Å². The molecule has 0 radical (unpaired) electrons. The fourth-order valence-corrected chi connectivity index (χ4v) is 3.29. The number of likely N-dealkylation sites (N-methyl/N-ethyl adjacent to an activating group) is 2. The standard InChI is InChI=1S/C17H24F3N3O/c1-3-23(15-5-4-8-22(2)11-15)10-13-6-7-14(21-12-24)9-16(13)17(18,19)20/h6-7,9,12,15H,3-5,8,10-11H2,1-2H3,(H,21,24). The molecule has 1 unspecified atom stereocenters.